The van der Waals surface area contributed by atoms with E-state index in [0.717, 1.165) is 16.6 Å². The molecule has 1 aromatic heterocycles. The molecule has 34 heavy (non-hydrogen) atoms. The molecule has 0 saturated carbocycles. The Labute approximate surface area is 201 Å². The molecule has 2 atom stereocenters. The van der Waals surface area contributed by atoms with E-state index in [4.69, 9.17) is 21.4 Å². The molecule has 0 aliphatic heterocycles. The number of imidazole rings is 1. The van der Waals surface area contributed by atoms with Crippen molar-refractivity contribution in [2.24, 2.45) is 14.1 Å². The highest BCUT2D eigenvalue weighted by Gasteiger charge is 2.22. The third-order valence-corrected chi connectivity index (χ3v) is 6.42. The number of carboxylic acids is 1. The van der Waals surface area contributed by atoms with Crippen LogP contribution in [0.1, 0.15) is 35.6 Å². The van der Waals surface area contributed by atoms with Crippen LogP contribution in [0, 0.1) is 0 Å². The number of fused-ring (bicyclic) bond motifs is 1. The van der Waals surface area contributed by atoms with E-state index in [2.05, 4.69) is 0 Å². The van der Waals surface area contributed by atoms with Crippen LogP contribution in [0.15, 0.2) is 65.5 Å². The minimum Gasteiger partial charge on any atom is -0.481 e. The van der Waals surface area contributed by atoms with Crippen molar-refractivity contribution >= 4 is 28.6 Å². The van der Waals surface area contributed by atoms with E-state index < -0.39 is 12.1 Å². The van der Waals surface area contributed by atoms with Gasteiger partial charge in [-0.1, -0.05) is 42.8 Å². The molecule has 176 valence electrons. The van der Waals surface area contributed by atoms with Crippen LogP contribution in [-0.2, 0) is 25.3 Å². The summed E-state index contributed by atoms with van der Waals surface area (Å²) in [6, 6.07) is 17.6. The van der Waals surface area contributed by atoms with Gasteiger partial charge in [0.2, 0.25) is 0 Å². The fourth-order valence-corrected chi connectivity index (χ4v) is 4.44. The lowest BCUT2D eigenvalue weighted by Crippen LogP contribution is -2.19. The van der Waals surface area contributed by atoms with Gasteiger partial charge in [-0.3, -0.25) is 13.9 Å². The molecule has 0 bridgehead atoms. The lowest BCUT2D eigenvalue weighted by molar-refractivity contribution is -0.136. The maximum atomic E-state index is 12.2. The minimum atomic E-state index is -0.889. The number of benzene rings is 3. The number of aliphatic hydroxyl groups is 1. The van der Waals surface area contributed by atoms with Crippen molar-refractivity contribution in [3.63, 3.8) is 0 Å². The largest absolute Gasteiger partial charge is 0.481 e. The third-order valence-electron chi connectivity index (χ3n) is 6.09. The Morgan fingerprint density at radius 1 is 0.971 bits per heavy atom. The zero-order valence-corrected chi connectivity index (χ0v) is 19.8. The van der Waals surface area contributed by atoms with Crippen LogP contribution in [0.3, 0.4) is 0 Å². The Kier molecular flexibility index (Phi) is 6.50. The molecular weight excluding hydrogens is 456 g/mol. The average Bonchev–Trinajstić information content (AvgIpc) is 3.03. The molecule has 8 heteroatoms. The van der Waals surface area contributed by atoms with Crippen LogP contribution in [0.5, 0.6) is 11.5 Å². The number of carbonyl (C=O) groups is 1. The molecule has 0 saturated heterocycles. The van der Waals surface area contributed by atoms with Gasteiger partial charge in [-0.25, -0.2) is 4.79 Å². The lowest BCUT2D eigenvalue weighted by atomic mass is 9.90. The van der Waals surface area contributed by atoms with Crippen LogP contribution in [-0.4, -0.2) is 25.3 Å². The first-order chi connectivity index (χ1) is 16.2. The Morgan fingerprint density at radius 3 is 2.26 bits per heavy atom. The number of aliphatic hydroxyl groups excluding tert-OH is 1. The molecule has 4 aromatic rings. The van der Waals surface area contributed by atoms with Gasteiger partial charge in [-0.2, -0.15) is 0 Å². The second-order valence-electron chi connectivity index (χ2n) is 8.38. The highest BCUT2D eigenvalue weighted by atomic mass is 35.5. The van der Waals surface area contributed by atoms with Crippen molar-refractivity contribution in [1.29, 1.82) is 0 Å². The van der Waals surface area contributed by atoms with Crippen LogP contribution < -0.4 is 10.4 Å². The Hall–Kier alpha value is -3.55. The molecule has 3 aromatic carbocycles. The number of aromatic nitrogens is 2. The molecule has 0 spiro atoms. The Bertz CT molecular complexity index is 1420. The smallest absolute Gasteiger partial charge is 0.328 e. The third kappa shape index (κ3) is 4.58. The van der Waals surface area contributed by atoms with Crippen LogP contribution in [0.2, 0.25) is 5.02 Å². The maximum absolute atomic E-state index is 12.2. The van der Waals surface area contributed by atoms with Gasteiger partial charge in [0, 0.05) is 25.0 Å². The van der Waals surface area contributed by atoms with E-state index >= 15 is 0 Å². The summed E-state index contributed by atoms with van der Waals surface area (Å²) in [5.74, 6) is -0.106. The molecule has 0 unspecified atom stereocenters. The van der Waals surface area contributed by atoms with Crippen LogP contribution in [0.25, 0.3) is 11.0 Å². The second kappa shape index (κ2) is 9.37. The molecule has 0 fully saturated rings. The summed E-state index contributed by atoms with van der Waals surface area (Å²) in [4.78, 5) is 23.0. The molecule has 0 aliphatic carbocycles. The van der Waals surface area contributed by atoms with E-state index in [9.17, 15) is 14.7 Å². The molecule has 1 heterocycles. The highest BCUT2D eigenvalue weighted by molar-refractivity contribution is 6.31. The summed E-state index contributed by atoms with van der Waals surface area (Å²) in [6.07, 6.45) is -0.875. The number of carboxylic acid groups (broad SMARTS) is 1. The van der Waals surface area contributed by atoms with Gasteiger partial charge in [0.15, 0.2) is 0 Å². The maximum Gasteiger partial charge on any atom is 0.328 e. The van der Waals surface area contributed by atoms with Gasteiger partial charge in [-0.05, 0) is 53.1 Å². The van der Waals surface area contributed by atoms with Crippen molar-refractivity contribution in [3.8, 4) is 11.5 Å². The highest BCUT2D eigenvalue weighted by Crippen LogP contribution is 2.37. The molecule has 7 nitrogen and oxygen atoms in total. The molecule has 2 N–H and O–H groups in total. The minimum absolute atomic E-state index is 0.0471. The van der Waals surface area contributed by atoms with Crippen molar-refractivity contribution in [2.45, 2.75) is 25.4 Å². The van der Waals surface area contributed by atoms with E-state index in [-0.39, 0.29) is 18.0 Å². The van der Waals surface area contributed by atoms with Crippen LogP contribution in [0.4, 0.5) is 0 Å². The van der Waals surface area contributed by atoms with E-state index in [1.807, 2.05) is 31.2 Å². The lowest BCUT2D eigenvalue weighted by Gasteiger charge is -2.21. The Morgan fingerprint density at radius 2 is 1.62 bits per heavy atom. The molecule has 0 aliphatic rings. The van der Waals surface area contributed by atoms with Gasteiger partial charge >= 0.3 is 11.7 Å². The number of hydrogen-bond acceptors (Lipinski definition) is 4. The average molecular weight is 481 g/mol. The normalized spacial score (nSPS) is 13.1. The summed E-state index contributed by atoms with van der Waals surface area (Å²) in [5, 5.41) is 20.4. The van der Waals surface area contributed by atoms with Crippen molar-refractivity contribution in [1.82, 2.24) is 9.13 Å². The summed E-state index contributed by atoms with van der Waals surface area (Å²) < 4.78 is 8.98. The number of nitrogens with zero attached hydrogens (tertiary/aromatic N) is 2. The van der Waals surface area contributed by atoms with E-state index in [1.165, 1.54) is 0 Å². The van der Waals surface area contributed by atoms with Gasteiger partial charge < -0.3 is 14.9 Å². The van der Waals surface area contributed by atoms with Crippen molar-refractivity contribution in [2.75, 3.05) is 0 Å². The first-order valence-electron chi connectivity index (χ1n) is 10.8. The topological polar surface area (TPSA) is 93.7 Å². The first kappa shape index (κ1) is 23.6. The summed E-state index contributed by atoms with van der Waals surface area (Å²) >= 11 is 6.54. The number of ether oxygens (including phenoxy) is 1. The monoisotopic (exact) mass is 480 g/mol. The SMILES string of the molecule is C[C@@H](c1ccc(Oc2ccc(CC(=O)O)cc2)cc1Cl)[C@H](O)c1ccc2c(c1)n(C)c(=O)n2C. The van der Waals surface area contributed by atoms with E-state index in [1.54, 1.807) is 59.6 Å². The summed E-state index contributed by atoms with van der Waals surface area (Å²) in [5.41, 5.74) is 3.57. The van der Waals surface area contributed by atoms with Gasteiger partial charge in [0.05, 0.1) is 23.6 Å². The molecule has 0 radical (unpaired) electrons. The standard InChI is InChI=1S/C26H25ClN2O5/c1-15(25(32)17-6-11-22-23(13-17)29(3)26(33)28(22)2)20-10-9-19(14-21(20)27)34-18-7-4-16(5-8-18)12-24(30)31/h4-11,13-15,25,32H,12H2,1-3H3,(H,30,31)/t15-,25-/m0/s1. The van der Waals surface area contributed by atoms with Crippen molar-refractivity contribution < 1.29 is 19.7 Å². The Balaban J connectivity index is 1.53. The summed E-state index contributed by atoms with van der Waals surface area (Å²) in [6.45, 7) is 1.89. The van der Waals surface area contributed by atoms with Gasteiger partial charge in [0.25, 0.3) is 0 Å². The van der Waals surface area contributed by atoms with Crippen molar-refractivity contribution in [3.05, 3.63) is 92.9 Å². The quantitative estimate of drug-likeness (QED) is 0.397. The molecule has 4 rings (SSSR count). The summed E-state index contributed by atoms with van der Waals surface area (Å²) in [7, 11) is 3.43. The zero-order valence-electron chi connectivity index (χ0n) is 19.0. The van der Waals surface area contributed by atoms with Gasteiger partial charge in [-0.15, -0.1) is 0 Å². The van der Waals surface area contributed by atoms with E-state index in [0.29, 0.717) is 27.6 Å². The number of halogens is 1. The number of aliphatic carboxylic acids is 1. The first-order valence-corrected chi connectivity index (χ1v) is 11.1. The fraction of sp³-hybridized carbons (Fsp3) is 0.231. The predicted octanol–water partition coefficient (Wildman–Crippen LogP) is 4.79. The molecule has 0 amide bonds. The molecular formula is C26H25ClN2O5. The fourth-order valence-electron chi connectivity index (χ4n) is 4.09. The van der Waals surface area contributed by atoms with Crippen LogP contribution >= 0.6 is 11.6 Å². The van der Waals surface area contributed by atoms with Gasteiger partial charge in [0.1, 0.15) is 11.5 Å². The number of rotatable bonds is 7. The predicted molar refractivity (Wildman–Crippen MR) is 131 cm³/mol. The second-order valence-corrected chi connectivity index (χ2v) is 8.79. The number of hydrogen-bond donors (Lipinski definition) is 2. The number of aryl methyl sites for hydroxylation is 2. The zero-order chi connectivity index (χ0) is 24.6.